The van der Waals surface area contributed by atoms with Gasteiger partial charge in [-0.3, -0.25) is 9.59 Å². The van der Waals surface area contributed by atoms with Gasteiger partial charge in [-0.25, -0.2) is 4.79 Å². The predicted octanol–water partition coefficient (Wildman–Crippen LogP) is 4.75. The van der Waals surface area contributed by atoms with E-state index in [4.69, 9.17) is 10.5 Å². The fourth-order valence-corrected chi connectivity index (χ4v) is 6.28. The Bertz CT molecular complexity index is 1210. The number of esters is 1. The van der Waals surface area contributed by atoms with E-state index in [1.807, 2.05) is 4.57 Å². The SMILES string of the molecule is CCCc1cc(-c2nnc(SCC(=O)Nc3sc(C(N)=O)c(C)c3C(=O)OCC)n2CCC)cs1. The summed E-state index contributed by atoms with van der Waals surface area (Å²) in [6.07, 6.45) is 3.01. The van der Waals surface area contributed by atoms with E-state index in [0.717, 1.165) is 48.5 Å². The van der Waals surface area contributed by atoms with Gasteiger partial charge in [-0.15, -0.1) is 32.9 Å². The van der Waals surface area contributed by atoms with Crippen molar-refractivity contribution in [3.8, 4) is 11.4 Å². The number of ether oxygens (including phenoxy) is 1. The van der Waals surface area contributed by atoms with Crippen molar-refractivity contribution in [1.82, 2.24) is 14.8 Å². The number of carbonyl (C=O) groups is 3. The first-order valence-corrected chi connectivity index (χ1v) is 14.0. The van der Waals surface area contributed by atoms with Crippen molar-refractivity contribution in [3.63, 3.8) is 0 Å². The van der Waals surface area contributed by atoms with Crippen LogP contribution in [0, 0.1) is 6.92 Å². The monoisotopic (exact) mass is 535 g/mol. The Morgan fingerprint density at radius 1 is 1.20 bits per heavy atom. The van der Waals surface area contributed by atoms with Gasteiger partial charge in [-0.2, -0.15) is 0 Å². The van der Waals surface area contributed by atoms with Crippen molar-refractivity contribution in [3.05, 3.63) is 32.3 Å². The highest BCUT2D eigenvalue weighted by Crippen LogP contribution is 2.34. The van der Waals surface area contributed by atoms with E-state index < -0.39 is 11.9 Å². The summed E-state index contributed by atoms with van der Waals surface area (Å²) in [5.74, 6) is -0.771. The molecular weight excluding hydrogens is 506 g/mol. The molecule has 0 aliphatic carbocycles. The topological polar surface area (TPSA) is 129 Å². The Hall–Kier alpha value is -2.70. The van der Waals surface area contributed by atoms with Crippen molar-refractivity contribution in [2.24, 2.45) is 5.73 Å². The lowest BCUT2D eigenvalue weighted by molar-refractivity contribution is -0.113. The largest absolute Gasteiger partial charge is 0.462 e. The minimum Gasteiger partial charge on any atom is -0.462 e. The van der Waals surface area contributed by atoms with Crippen LogP contribution in [-0.2, 0) is 22.5 Å². The predicted molar refractivity (Wildman–Crippen MR) is 141 cm³/mol. The molecule has 0 radical (unpaired) electrons. The van der Waals surface area contributed by atoms with Crippen LogP contribution >= 0.6 is 34.4 Å². The van der Waals surface area contributed by atoms with Gasteiger partial charge < -0.3 is 20.4 Å². The molecular formula is C23H29N5O4S3. The molecule has 0 saturated carbocycles. The molecule has 0 aliphatic heterocycles. The average molecular weight is 536 g/mol. The first-order valence-electron chi connectivity index (χ1n) is 11.3. The first kappa shape index (κ1) is 26.9. The average Bonchev–Trinajstić information content (AvgIpc) is 3.51. The van der Waals surface area contributed by atoms with E-state index in [9.17, 15) is 14.4 Å². The molecule has 3 rings (SSSR count). The van der Waals surface area contributed by atoms with Crippen LogP contribution in [0.15, 0.2) is 16.6 Å². The molecule has 0 aliphatic rings. The summed E-state index contributed by atoms with van der Waals surface area (Å²) >= 11 is 3.95. The number of aryl methyl sites for hydroxylation is 1. The molecule has 3 heterocycles. The van der Waals surface area contributed by atoms with Gasteiger partial charge in [0, 0.05) is 22.4 Å². The van der Waals surface area contributed by atoms with E-state index in [2.05, 4.69) is 40.8 Å². The van der Waals surface area contributed by atoms with Crippen LogP contribution in [0.5, 0.6) is 0 Å². The van der Waals surface area contributed by atoms with Gasteiger partial charge in [0.25, 0.3) is 5.91 Å². The highest BCUT2D eigenvalue weighted by molar-refractivity contribution is 7.99. The molecule has 0 saturated heterocycles. The number of nitrogens with two attached hydrogens (primary N) is 1. The van der Waals surface area contributed by atoms with Gasteiger partial charge in [0.2, 0.25) is 5.91 Å². The Kier molecular flexibility index (Phi) is 9.47. The van der Waals surface area contributed by atoms with E-state index in [0.29, 0.717) is 10.7 Å². The highest BCUT2D eigenvalue weighted by Gasteiger charge is 2.26. The second kappa shape index (κ2) is 12.3. The van der Waals surface area contributed by atoms with Gasteiger partial charge in [-0.05, 0) is 38.3 Å². The Labute approximate surface area is 216 Å². The van der Waals surface area contributed by atoms with E-state index in [-0.39, 0.29) is 33.7 Å². The molecule has 3 aromatic heterocycles. The number of carbonyl (C=O) groups excluding carboxylic acids is 3. The highest BCUT2D eigenvalue weighted by atomic mass is 32.2. The maximum absolute atomic E-state index is 12.8. The lowest BCUT2D eigenvalue weighted by Crippen LogP contribution is -2.17. The maximum Gasteiger partial charge on any atom is 0.341 e. The summed E-state index contributed by atoms with van der Waals surface area (Å²) < 4.78 is 7.12. The zero-order valence-corrected chi connectivity index (χ0v) is 22.6. The number of hydrogen-bond acceptors (Lipinski definition) is 9. The zero-order chi connectivity index (χ0) is 25.5. The van der Waals surface area contributed by atoms with Gasteiger partial charge >= 0.3 is 5.97 Å². The molecule has 3 N–H and O–H groups in total. The molecule has 35 heavy (non-hydrogen) atoms. The first-order chi connectivity index (χ1) is 16.8. The smallest absolute Gasteiger partial charge is 0.341 e. The molecule has 2 amide bonds. The van der Waals surface area contributed by atoms with Gasteiger partial charge in [0.1, 0.15) is 5.00 Å². The van der Waals surface area contributed by atoms with Crippen LogP contribution in [0.4, 0.5) is 5.00 Å². The van der Waals surface area contributed by atoms with Crippen molar-refractivity contribution >= 4 is 57.2 Å². The Balaban J connectivity index is 1.76. The lowest BCUT2D eigenvalue weighted by Gasteiger charge is -2.09. The Morgan fingerprint density at radius 2 is 1.97 bits per heavy atom. The van der Waals surface area contributed by atoms with Crippen molar-refractivity contribution in [2.45, 2.75) is 58.7 Å². The van der Waals surface area contributed by atoms with Crippen LogP contribution in [0.1, 0.15) is 64.1 Å². The van der Waals surface area contributed by atoms with Gasteiger partial charge in [0.05, 0.1) is 22.8 Å². The number of primary amides is 1. The van der Waals surface area contributed by atoms with E-state index in [1.54, 1.807) is 25.2 Å². The summed E-state index contributed by atoms with van der Waals surface area (Å²) in [7, 11) is 0. The number of nitrogens with zero attached hydrogens (tertiary/aromatic N) is 3. The molecule has 0 fully saturated rings. The molecule has 12 heteroatoms. The zero-order valence-electron chi connectivity index (χ0n) is 20.2. The third-order valence-corrected chi connectivity index (χ3v) is 8.19. The standard InChI is InChI=1S/C23H29N5O4S3/c1-5-8-15-10-14(11-33-15)20-26-27-23(28(20)9-6-2)34-12-16(29)25-21-17(22(31)32-7-3)13(4)18(35-21)19(24)30/h10-11H,5-9,12H2,1-4H3,(H2,24,30)(H,25,29). The number of amides is 2. The number of nitrogens with one attached hydrogen (secondary N) is 1. The summed E-state index contributed by atoms with van der Waals surface area (Å²) in [5.41, 5.74) is 7.02. The number of hydrogen-bond donors (Lipinski definition) is 2. The summed E-state index contributed by atoms with van der Waals surface area (Å²) in [4.78, 5) is 38.5. The van der Waals surface area contributed by atoms with Gasteiger partial charge in [-0.1, -0.05) is 32.0 Å². The fourth-order valence-electron chi connectivity index (χ4n) is 3.49. The molecule has 9 nitrogen and oxygen atoms in total. The van der Waals surface area contributed by atoms with Crippen LogP contribution in [0.25, 0.3) is 11.4 Å². The number of thioether (sulfide) groups is 1. The molecule has 3 aromatic rings. The molecule has 0 aromatic carbocycles. The lowest BCUT2D eigenvalue weighted by atomic mass is 10.1. The van der Waals surface area contributed by atoms with Crippen LogP contribution in [0.3, 0.4) is 0 Å². The number of thiophene rings is 2. The fraction of sp³-hybridized carbons (Fsp3) is 0.435. The molecule has 0 atom stereocenters. The normalized spacial score (nSPS) is 11.0. The number of rotatable bonds is 12. The minimum absolute atomic E-state index is 0.0533. The van der Waals surface area contributed by atoms with Crippen molar-refractivity contribution in [1.29, 1.82) is 0 Å². The van der Waals surface area contributed by atoms with E-state index >= 15 is 0 Å². The maximum atomic E-state index is 12.8. The minimum atomic E-state index is -0.663. The molecule has 0 spiro atoms. The molecule has 188 valence electrons. The summed E-state index contributed by atoms with van der Waals surface area (Å²) in [5, 5.41) is 14.4. The summed E-state index contributed by atoms with van der Waals surface area (Å²) in [6, 6.07) is 2.15. The Morgan fingerprint density at radius 3 is 2.63 bits per heavy atom. The van der Waals surface area contributed by atoms with Crippen LogP contribution in [-0.4, -0.2) is 44.9 Å². The number of aromatic nitrogens is 3. The molecule has 0 unspecified atom stereocenters. The second-order valence-corrected chi connectivity index (χ2v) is 10.7. The quantitative estimate of drug-likeness (QED) is 0.253. The third-order valence-electron chi connectivity index (χ3n) is 5.01. The van der Waals surface area contributed by atoms with Crippen molar-refractivity contribution < 1.29 is 19.1 Å². The van der Waals surface area contributed by atoms with Gasteiger partial charge in [0.15, 0.2) is 11.0 Å². The van der Waals surface area contributed by atoms with Crippen molar-refractivity contribution in [2.75, 3.05) is 17.7 Å². The van der Waals surface area contributed by atoms with E-state index in [1.165, 1.54) is 16.6 Å². The van der Waals surface area contributed by atoms with Crippen LogP contribution in [0.2, 0.25) is 0 Å². The summed E-state index contributed by atoms with van der Waals surface area (Å²) in [6.45, 7) is 8.42. The molecule has 0 bridgehead atoms. The number of anilines is 1. The second-order valence-electron chi connectivity index (χ2n) is 7.69. The third kappa shape index (κ3) is 6.30. The van der Waals surface area contributed by atoms with Crippen LogP contribution < -0.4 is 11.1 Å².